The molecular formula is C7H19Cl2Na3O6P2. The molecule has 0 amide bonds. The molecule has 20 heavy (non-hydrogen) atoms. The molecule has 1 unspecified atom stereocenters. The zero-order chi connectivity index (χ0) is 13.7. The molecule has 0 aromatic carbocycles. The van der Waals surface area contributed by atoms with Crippen molar-refractivity contribution in [3.63, 3.8) is 0 Å². The first-order chi connectivity index (χ1) is 7.56. The molecule has 0 fully saturated rings. The third kappa shape index (κ3) is 10.7. The molecule has 0 aliphatic carbocycles. The van der Waals surface area contributed by atoms with Crippen molar-refractivity contribution in [1.82, 2.24) is 0 Å². The van der Waals surface area contributed by atoms with Crippen LogP contribution in [0.5, 0.6) is 0 Å². The van der Waals surface area contributed by atoms with Crippen LogP contribution in [0.25, 0.3) is 0 Å². The van der Waals surface area contributed by atoms with Gasteiger partial charge in [-0.15, -0.1) is 0 Å². The fraction of sp³-hybridized carbons (Fsp3) is 1.00. The van der Waals surface area contributed by atoms with E-state index in [-0.39, 0.29) is 95.3 Å². The van der Waals surface area contributed by atoms with E-state index in [4.69, 9.17) is 33.0 Å². The van der Waals surface area contributed by atoms with Gasteiger partial charge in [0.25, 0.3) is 0 Å². The van der Waals surface area contributed by atoms with Crippen LogP contribution in [0.1, 0.15) is 32.6 Å². The molecule has 0 aliphatic heterocycles. The summed E-state index contributed by atoms with van der Waals surface area (Å²) in [5, 5.41) is 0. The quantitative estimate of drug-likeness (QED) is 0.244. The summed E-state index contributed by atoms with van der Waals surface area (Å²) in [4.78, 5) is 26.8. The van der Waals surface area contributed by atoms with Crippen molar-refractivity contribution < 1.29 is 28.3 Å². The molecule has 0 saturated carbocycles. The zero-order valence-corrected chi connectivity index (χ0v) is 12.6. The Labute approximate surface area is 195 Å². The molecule has 3 N–H and O–H groups in total. The third-order valence-electron chi connectivity index (χ3n) is 1.95. The first-order valence-electron chi connectivity index (χ1n) is 4.97. The van der Waals surface area contributed by atoms with Gasteiger partial charge in [0, 0.05) is 0 Å². The average Bonchev–Trinajstić information content (AvgIpc) is 2.15. The van der Waals surface area contributed by atoms with Crippen LogP contribution in [0, 0.1) is 0 Å². The normalized spacial score (nSPS) is 14.3. The number of unbranched alkanes of at least 4 members (excludes halogenated alkanes) is 3. The molecule has 0 saturated heterocycles. The number of rotatable bonds is 8. The van der Waals surface area contributed by atoms with Crippen molar-refractivity contribution in [2.75, 3.05) is 6.61 Å². The fourth-order valence-electron chi connectivity index (χ4n) is 0.959. The molecule has 13 heteroatoms. The van der Waals surface area contributed by atoms with Crippen molar-refractivity contribution in [3.8, 4) is 0 Å². The Kier molecular flexibility index (Phi) is 22.3. The molecule has 0 aromatic rings. The van der Waals surface area contributed by atoms with Gasteiger partial charge in [-0.05, 0) is 6.42 Å². The summed E-state index contributed by atoms with van der Waals surface area (Å²) >= 11 is 10.4. The van der Waals surface area contributed by atoms with Crippen LogP contribution in [0.4, 0.5) is 0 Å². The van der Waals surface area contributed by atoms with Crippen LogP contribution in [0.15, 0.2) is 0 Å². The third-order valence-corrected chi connectivity index (χ3v) is 8.01. The Bertz CT molecular complexity index is 341. The molecule has 6 nitrogen and oxygen atoms in total. The summed E-state index contributed by atoms with van der Waals surface area (Å²) in [6.45, 7) is 1.86. The Morgan fingerprint density at radius 2 is 1.45 bits per heavy atom. The minimum atomic E-state index is -5.16. The van der Waals surface area contributed by atoms with Crippen LogP contribution in [-0.2, 0) is 13.7 Å². The number of alkyl halides is 2. The van der Waals surface area contributed by atoms with Crippen LogP contribution in [-0.4, -0.2) is 114 Å². The van der Waals surface area contributed by atoms with E-state index < -0.39 is 19.0 Å². The van der Waals surface area contributed by atoms with Crippen molar-refractivity contribution in [1.29, 1.82) is 0 Å². The summed E-state index contributed by atoms with van der Waals surface area (Å²) in [7, 11) is -9.96. The van der Waals surface area contributed by atoms with E-state index in [0.29, 0.717) is 6.42 Å². The molecule has 110 valence electrons. The van der Waals surface area contributed by atoms with Gasteiger partial charge < -0.3 is 19.2 Å². The molecule has 0 spiro atoms. The molecule has 0 heterocycles. The van der Waals surface area contributed by atoms with E-state index in [1.807, 2.05) is 6.92 Å². The van der Waals surface area contributed by atoms with Gasteiger partial charge in [0.2, 0.25) is 0 Å². The second kappa shape index (κ2) is 14.1. The number of hydrogen-bond donors (Lipinski definition) is 3. The zero-order valence-electron chi connectivity index (χ0n) is 9.25. The van der Waals surface area contributed by atoms with Gasteiger partial charge in [0.15, 0.2) is 0 Å². The maximum atomic E-state index is 11.5. The summed E-state index contributed by atoms with van der Waals surface area (Å²) in [5.41, 5.74) is 0. The summed E-state index contributed by atoms with van der Waals surface area (Å²) in [6.07, 6.45) is 3.19. The predicted octanol–water partition coefficient (Wildman–Crippen LogP) is 1.09. The van der Waals surface area contributed by atoms with Gasteiger partial charge in [-0.2, -0.15) is 0 Å². The monoisotopic (exact) mass is 400 g/mol. The van der Waals surface area contributed by atoms with Crippen LogP contribution < -0.4 is 0 Å². The first-order valence-corrected chi connectivity index (χ1v) is 8.91. The van der Waals surface area contributed by atoms with E-state index in [9.17, 15) is 14.0 Å². The van der Waals surface area contributed by atoms with Gasteiger partial charge in [-0.3, -0.25) is 9.13 Å². The Morgan fingerprint density at radius 1 is 1.00 bits per heavy atom. The molecule has 0 radical (unpaired) electrons. The van der Waals surface area contributed by atoms with E-state index in [1.54, 1.807) is 0 Å². The van der Waals surface area contributed by atoms with Gasteiger partial charge in [-0.1, -0.05) is 49.4 Å². The van der Waals surface area contributed by atoms with Crippen LogP contribution >= 0.6 is 38.4 Å². The van der Waals surface area contributed by atoms with E-state index >= 15 is 0 Å². The van der Waals surface area contributed by atoms with Crippen molar-refractivity contribution in [2.45, 2.75) is 36.4 Å². The Morgan fingerprint density at radius 3 is 1.80 bits per heavy atom. The van der Waals surface area contributed by atoms with Gasteiger partial charge in [0.05, 0.1) is 6.61 Å². The molecule has 0 aromatic heterocycles. The first kappa shape index (κ1) is 31.6. The summed E-state index contributed by atoms with van der Waals surface area (Å²) in [6, 6.07) is 0. The van der Waals surface area contributed by atoms with Gasteiger partial charge in [0.1, 0.15) is 0 Å². The van der Waals surface area contributed by atoms with E-state index in [2.05, 4.69) is 4.52 Å². The average molecular weight is 401 g/mol. The van der Waals surface area contributed by atoms with Crippen LogP contribution in [0.3, 0.4) is 0 Å². The number of hydrogen-bond acceptors (Lipinski definition) is 3. The minimum absolute atomic E-state index is 0. The van der Waals surface area contributed by atoms with Crippen molar-refractivity contribution in [2.24, 2.45) is 0 Å². The maximum absolute atomic E-state index is 11.5. The SMILES string of the molecule is CCCCCCOP(=O)(O)C(Cl)(Cl)P(=O)(O)O.[NaH].[NaH].[NaH]. The van der Waals surface area contributed by atoms with Crippen molar-refractivity contribution in [3.05, 3.63) is 0 Å². The van der Waals surface area contributed by atoms with Crippen LogP contribution in [0.2, 0.25) is 0 Å². The standard InChI is InChI=1S/C7H16Cl2O6P2.3Na.3H/c1-2-3-4-5-6-15-17(13,14)7(8,9)16(10,11)12;;;;;;/h2-6H2,1H3,(H,13,14)(H2,10,11,12);;;;;;. The molecule has 0 bridgehead atoms. The summed E-state index contributed by atoms with van der Waals surface area (Å²) < 4.78 is 23.7. The van der Waals surface area contributed by atoms with Gasteiger partial charge >= 0.3 is 108 Å². The second-order valence-electron chi connectivity index (χ2n) is 3.47. The van der Waals surface area contributed by atoms with E-state index in [1.165, 1.54) is 0 Å². The van der Waals surface area contributed by atoms with Gasteiger partial charge in [-0.25, -0.2) is 0 Å². The number of halogens is 2. The molecular weight excluding hydrogens is 382 g/mol. The second-order valence-corrected chi connectivity index (χ2v) is 9.93. The molecule has 0 rings (SSSR count). The topological polar surface area (TPSA) is 104 Å². The predicted molar refractivity (Wildman–Crippen MR) is 87.8 cm³/mol. The molecule has 1 atom stereocenters. The Balaban J connectivity index is -0.000000427. The van der Waals surface area contributed by atoms with E-state index in [0.717, 1.165) is 19.3 Å². The fourth-order valence-corrected chi connectivity index (χ4v) is 3.27. The Hall–Kier alpha value is 3.88. The molecule has 0 aliphatic rings. The summed E-state index contributed by atoms with van der Waals surface area (Å²) in [5.74, 6) is 0. The van der Waals surface area contributed by atoms with Crippen molar-refractivity contribution >= 4 is 127 Å².